The number of nitrogens with zero attached hydrogens (tertiary/aromatic N) is 1. The second-order valence-corrected chi connectivity index (χ2v) is 4.53. The van der Waals surface area contributed by atoms with Gasteiger partial charge in [0.1, 0.15) is 11.4 Å². The van der Waals surface area contributed by atoms with Gasteiger partial charge in [-0.1, -0.05) is 0 Å². The number of nitro benzene ring substituents is 1. The van der Waals surface area contributed by atoms with Crippen molar-refractivity contribution in [2.24, 2.45) is 5.73 Å². The fourth-order valence-electron chi connectivity index (χ4n) is 1.51. The molecule has 0 radical (unpaired) electrons. The molecular weight excluding hydrogens is 330 g/mol. The summed E-state index contributed by atoms with van der Waals surface area (Å²) in [5.74, 6) is -0.480. The molecule has 0 atom stereocenters. The number of nitrogens with one attached hydrogen (secondary N) is 1. The van der Waals surface area contributed by atoms with Gasteiger partial charge in [-0.2, -0.15) is 0 Å². The fourth-order valence-corrected chi connectivity index (χ4v) is 2.08. The van der Waals surface area contributed by atoms with Crippen LogP contribution in [0, 0.1) is 10.1 Å². The molecular formula is C12H14BrN3O4. The van der Waals surface area contributed by atoms with E-state index >= 15 is 0 Å². The van der Waals surface area contributed by atoms with Crippen molar-refractivity contribution >= 4 is 33.2 Å². The predicted molar refractivity (Wildman–Crippen MR) is 77.6 cm³/mol. The van der Waals surface area contributed by atoms with Crippen LogP contribution < -0.4 is 11.1 Å². The van der Waals surface area contributed by atoms with E-state index in [1.54, 1.807) is 14.0 Å². The lowest BCUT2D eigenvalue weighted by Gasteiger charge is -2.12. The van der Waals surface area contributed by atoms with Crippen LogP contribution >= 0.6 is 15.9 Å². The van der Waals surface area contributed by atoms with Crippen LogP contribution in [0.4, 0.5) is 5.69 Å². The van der Waals surface area contributed by atoms with Crippen molar-refractivity contribution in [3.8, 4) is 0 Å². The summed E-state index contributed by atoms with van der Waals surface area (Å²) in [7, 11) is 1.56. The Kier molecular flexibility index (Phi) is 5.51. The number of hydrogen-bond donors (Lipinski definition) is 2. The van der Waals surface area contributed by atoms with Crippen molar-refractivity contribution in [1.82, 2.24) is 5.32 Å². The van der Waals surface area contributed by atoms with Gasteiger partial charge in [0.05, 0.1) is 11.5 Å². The molecule has 8 heteroatoms. The summed E-state index contributed by atoms with van der Waals surface area (Å²) in [4.78, 5) is 22.1. The highest BCUT2D eigenvalue weighted by atomic mass is 79.9. The SMILES string of the molecule is CCOC(=O)/C(=C(/N)NC)c1ccc([N+](=O)[O-])cc1Br. The first kappa shape index (κ1) is 16.0. The molecule has 0 spiro atoms. The Labute approximate surface area is 124 Å². The molecule has 1 aromatic rings. The molecule has 20 heavy (non-hydrogen) atoms. The first-order valence-electron chi connectivity index (χ1n) is 5.71. The fraction of sp³-hybridized carbons (Fsp3) is 0.250. The molecule has 0 aliphatic carbocycles. The van der Waals surface area contributed by atoms with Crippen LogP contribution in [0.25, 0.3) is 5.57 Å². The number of rotatable bonds is 5. The lowest BCUT2D eigenvalue weighted by Crippen LogP contribution is -2.22. The van der Waals surface area contributed by atoms with E-state index in [1.807, 2.05) is 0 Å². The van der Waals surface area contributed by atoms with Gasteiger partial charge in [0.25, 0.3) is 5.69 Å². The van der Waals surface area contributed by atoms with Gasteiger partial charge in [0.2, 0.25) is 0 Å². The van der Waals surface area contributed by atoms with Crippen molar-refractivity contribution in [3.63, 3.8) is 0 Å². The number of halogens is 1. The van der Waals surface area contributed by atoms with E-state index in [-0.39, 0.29) is 23.7 Å². The first-order chi connectivity index (χ1) is 9.42. The minimum absolute atomic E-state index is 0.0909. The van der Waals surface area contributed by atoms with Gasteiger partial charge in [0.15, 0.2) is 0 Å². The highest BCUT2D eigenvalue weighted by Gasteiger charge is 2.21. The molecule has 0 saturated heterocycles. The molecule has 1 rings (SSSR count). The Morgan fingerprint density at radius 2 is 2.20 bits per heavy atom. The molecule has 108 valence electrons. The van der Waals surface area contributed by atoms with Crippen LogP contribution in [-0.4, -0.2) is 24.5 Å². The molecule has 7 nitrogen and oxygen atoms in total. The van der Waals surface area contributed by atoms with E-state index in [1.165, 1.54) is 18.2 Å². The molecule has 0 bridgehead atoms. The van der Waals surface area contributed by atoms with E-state index in [4.69, 9.17) is 10.5 Å². The second-order valence-electron chi connectivity index (χ2n) is 3.68. The predicted octanol–water partition coefficient (Wildman–Crippen LogP) is 1.77. The van der Waals surface area contributed by atoms with Gasteiger partial charge < -0.3 is 15.8 Å². The van der Waals surface area contributed by atoms with Crippen molar-refractivity contribution in [1.29, 1.82) is 0 Å². The standard InChI is InChI=1S/C12H14BrN3O4/c1-3-20-12(17)10(11(14)15-2)8-5-4-7(16(18)19)6-9(8)13/h4-6,15H,3,14H2,1-2H3/b11-10-. The Morgan fingerprint density at radius 1 is 1.55 bits per heavy atom. The van der Waals surface area contributed by atoms with Gasteiger partial charge in [-0.05, 0) is 28.9 Å². The summed E-state index contributed by atoms with van der Waals surface area (Å²) in [5.41, 5.74) is 6.21. The van der Waals surface area contributed by atoms with Crippen LogP contribution in [0.15, 0.2) is 28.5 Å². The van der Waals surface area contributed by atoms with Crippen LogP contribution in [-0.2, 0) is 9.53 Å². The van der Waals surface area contributed by atoms with Gasteiger partial charge in [0, 0.05) is 29.2 Å². The van der Waals surface area contributed by atoms with Crippen LogP contribution in [0.2, 0.25) is 0 Å². The Balaban J connectivity index is 3.36. The molecule has 0 aromatic heterocycles. The number of nitrogens with two attached hydrogens (primary N) is 1. The number of benzene rings is 1. The van der Waals surface area contributed by atoms with Crippen molar-refractivity contribution in [3.05, 3.63) is 44.2 Å². The molecule has 0 amide bonds. The quantitative estimate of drug-likeness (QED) is 0.365. The number of hydrogen-bond acceptors (Lipinski definition) is 6. The van der Waals surface area contributed by atoms with Crippen molar-refractivity contribution in [2.75, 3.05) is 13.7 Å². The third-order valence-electron chi connectivity index (χ3n) is 2.45. The molecule has 0 saturated carbocycles. The maximum Gasteiger partial charge on any atom is 0.342 e. The minimum Gasteiger partial charge on any atom is -0.462 e. The summed E-state index contributed by atoms with van der Waals surface area (Å²) in [6.45, 7) is 1.87. The second kappa shape index (κ2) is 6.90. The number of nitro groups is 1. The highest BCUT2D eigenvalue weighted by Crippen LogP contribution is 2.29. The zero-order chi connectivity index (χ0) is 15.3. The molecule has 0 unspecified atom stereocenters. The van der Waals surface area contributed by atoms with Gasteiger partial charge in [-0.25, -0.2) is 4.79 Å². The summed E-state index contributed by atoms with van der Waals surface area (Å²) < 4.78 is 5.32. The van der Waals surface area contributed by atoms with Crippen LogP contribution in [0.3, 0.4) is 0 Å². The lowest BCUT2D eigenvalue weighted by atomic mass is 10.1. The van der Waals surface area contributed by atoms with Gasteiger partial charge >= 0.3 is 5.97 Å². The molecule has 0 aliphatic heterocycles. The number of carbonyl (C=O) groups is 1. The Bertz CT molecular complexity index is 572. The van der Waals surface area contributed by atoms with Crippen LogP contribution in [0.1, 0.15) is 12.5 Å². The van der Waals surface area contributed by atoms with Gasteiger partial charge in [-0.15, -0.1) is 0 Å². The monoisotopic (exact) mass is 343 g/mol. The number of non-ortho nitro benzene ring substituents is 1. The summed E-state index contributed by atoms with van der Waals surface area (Å²) in [6, 6.07) is 4.04. The topological polar surface area (TPSA) is 107 Å². The zero-order valence-corrected chi connectivity index (χ0v) is 12.6. The van der Waals surface area contributed by atoms with E-state index in [2.05, 4.69) is 21.2 Å². The largest absolute Gasteiger partial charge is 0.462 e. The normalized spacial score (nSPS) is 11.6. The summed E-state index contributed by atoms with van der Waals surface area (Å²) in [6.07, 6.45) is 0. The van der Waals surface area contributed by atoms with Gasteiger partial charge in [-0.3, -0.25) is 10.1 Å². The highest BCUT2D eigenvalue weighted by molar-refractivity contribution is 9.10. The number of esters is 1. The molecule has 1 aromatic carbocycles. The summed E-state index contributed by atoms with van der Waals surface area (Å²) in [5, 5.41) is 13.4. The molecule has 0 aliphatic rings. The minimum atomic E-state index is -0.603. The Hall–Kier alpha value is -2.09. The average Bonchev–Trinajstić information content (AvgIpc) is 2.40. The maximum absolute atomic E-state index is 12.0. The zero-order valence-electron chi connectivity index (χ0n) is 11.0. The third-order valence-corrected chi connectivity index (χ3v) is 3.11. The molecule has 0 fully saturated rings. The van der Waals surface area contributed by atoms with E-state index in [0.717, 1.165) is 0 Å². The van der Waals surface area contributed by atoms with E-state index < -0.39 is 10.9 Å². The van der Waals surface area contributed by atoms with Crippen molar-refractivity contribution < 1.29 is 14.5 Å². The molecule has 3 N–H and O–H groups in total. The third kappa shape index (κ3) is 3.47. The summed E-state index contributed by atoms with van der Waals surface area (Å²) >= 11 is 3.20. The average molecular weight is 344 g/mol. The smallest absolute Gasteiger partial charge is 0.342 e. The number of carbonyl (C=O) groups excluding carboxylic acids is 1. The Morgan fingerprint density at radius 3 is 2.65 bits per heavy atom. The first-order valence-corrected chi connectivity index (χ1v) is 6.50. The van der Waals surface area contributed by atoms with Crippen LogP contribution in [0.5, 0.6) is 0 Å². The van der Waals surface area contributed by atoms with E-state index in [0.29, 0.717) is 10.0 Å². The maximum atomic E-state index is 12.0. The van der Waals surface area contributed by atoms with E-state index in [9.17, 15) is 14.9 Å². The molecule has 0 heterocycles. The van der Waals surface area contributed by atoms with Crippen molar-refractivity contribution in [2.45, 2.75) is 6.92 Å². The lowest BCUT2D eigenvalue weighted by molar-refractivity contribution is -0.384. The number of ether oxygens (including phenoxy) is 1.